The van der Waals surface area contributed by atoms with Gasteiger partial charge in [0.25, 0.3) is 0 Å². The van der Waals surface area contributed by atoms with Crippen LogP contribution in [0.5, 0.6) is 0 Å². The molecular weight excluding hydrogens is 302 g/mol. The van der Waals surface area contributed by atoms with E-state index >= 15 is 0 Å². The number of alkyl halides is 1. The molecule has 0 atom stereocenters. The molecule has 17 heavy (non-hydrogen) atoms. The van der Waals surface area contributed by atoms with E-state index in [1.165, 1.54) is 0 Å². The minimum atomic E-state index is 0.371. The molecule has 0 aliphatic carbocycles. The Morgan fingerprint density at radius 3 is 2.71 bits per heavy atom. The van der Waals surface area contributed by atoms with Gasteiger partial charge in [-0.25, -0.2) is 9.67 Å². The highest BCUT2D eigenvalue weighted by Crippen LogP contribution is 2.19. The van der Waals surface area contributed by atoms with Gasteiger partial charge in [0, 0.05) is 17.8 Å². The Labute approximate surface area is 114 Å². The first-order valence-electron chi connectivity index (χ1n) is 5.37. The SMILES string of the molecule is CC(C)c1cc(CCl)cc(-n2cc(Br)cn2)n1. The molecule has 0 saturated heterocycles. The normalized spacial score (nSPS) is 11.1. The second-order valence-electron chi connectivity index (χ2n) is 4.15. The van der Waals surface area contributed by atoms with Gasteiger partial charge >= 0.3 is 0 Å². The van der Waals surface area contributed by atoms with E-state index in [2.05, 4.69) is 39.9 Å². The van der Waals surface area contributed by atoms with Crippen LogP contribution in [0.3, 0.4) is 0 Å². The highest BCUT2D eigenvalue weighted by molar-refractivity contribution is 9.10. The fourth-order valence-corrected chi connectivity index (χ4v) is 1.95. The first kappa shape index (κ1) is 12.6. The molecule has 0 aromatic carbocycles. The van der Waals surface area contributed by atoms with Crippen LogP contribution in [0.15, 0.2) is 29.0 Å². The summed E-state index contributed by atoms with van der Waals surface area (Å²) in [7, 11) is 0. The molecule has 0 spiro atoms. The predicted molar refractivity (Wildman–Crippen MR) is 72.7 cm³/mol. The first-order chi connectivity index (χ1) is 8.10. The van der Waals surface area contributed by atoms with Crippen LogP contribution in [0, 0.1) is 0 Å². The summed E-state index contributed by atoms with van der Waals surface area (Å²) in [6.07, 6.45) is 3.62. The molecule has 5 heteroatoms. The lowest BCUT2D eigenvalue weighted by Crippen LogP contribution is -2.03. The van der Waals surface area contributed by atoms with Gasteiger partial charge in [-0.1, -0.05) is 13.8 Å². The molecule has 3 nitrogen and oxygen atoms in total. The molecule has 0 aliphatic heterocycles. The summed E-state index contributed by atoms with van der Waals surface area (Å²) < 4.78 is 2.67. The maximum atomic E-state index is 5.90. The first-order valence-corrected chi connectivity index (χ1v) is 6.70. The van der Waals surface area contributed by atoms with Gasteiger partial charge in [-0.15, -0.1) is 11.6 Å². The molecular formula is C12H13BrClN3. The zero-order valence-electron chi connectivity index (χ0n) is 9.69. The molecule has 0 N–H and O–H groups in total. The average molecular weight is 315 g/mol. The Bertz CT molecular complexity index is 522. The third kappa shape index (κ3) is 2.87. The number of pyridine rings is 1. The second kappa shape index (κ2) is 5.19. The third-order valence-corrected chi connectivity index (χ3v) is 3.14. The van der Waals surface area contributed by atoms with Gasteiger partial charge in [0.1, 0.15) is 0 Å². The number of aromatic nitrogens is 3. The summed E-state index contributed by atoms with van der Waals surface area (Å²) in [6, 6.07) is 4.00. The number of rotatable bonds is 3. The lowest BCUT2D eigenvalue weighted by molar-refractivity contribution is 0.780. The van der Waals surface area contributed by atoms with Crippen LogP contribution >= 0.6 is 27.5 Å². The summed E-state index contributed by atoms with van der Waals surface area (Å²) >= 11 is 9.28. The van der Waals surface area contributed by atoms with E-state index in [1.54, 1.807) is 10.9 Å². The summed E-state index contributed by atoms with van der Waals surface area (Å²) in [5, 5.41) is 4.23. The minimum Gasteiger partial charge on any atom is -0.233 e. The van der Waals surface area contributed by atoms with E-state index in [1.807, 2.05) is 18.3 Å². The van der Waals surface area contributed by atoms with Crippen molar-refractivity contribution in [2.45, 2.75) is 25.6 Å². The molecule has 2 aromatic heterocycles. The fourth-order valence-electron chi connectivity index (χ4n) is 1.51. The van der Waals surface area contributed by atoms with E-state index in [-0.39, 0.29) is 0 Å². The van der Waals surface area contributed by atoms with Crippen LogP contribution in [0.25, 0.3) is 5.82 Å². The van der Waals surface area contributed by atoms with E-state index in [0.717, 1.165) is 21.5 Å². The molecule has 0 radical (unpaired) electrons. The zero-order valence-corrected chi connectivity index (χ0v) is 12.0. The van der Waals surface area contributed by atoms with Crippen molar-refractivity contribution in [1.29, 1.82) is 0 Å². The Balaban J connectivity index is 2.49. The Morgan fingerprint density at radius 2 is 2.18 bits per heavy atom. The van der Waals surface area contributed by atoms with Gasteiger partial charge in [0.05, 0.1) is 10.7 Å². The zero-order chi connectivity index (χ0) is 12.4. The summed E-state index contributed by atoms with van der Waals surface area (Å²) in [4.78, 5) is 4.59. The van der Waals surface area contributed by atoms with Crippen LogP contribution in [0.4, 0.5) is 0 Å². The molecule has 0 amide bonds. The standard InChI is InChI=1S/C12H13BrClN3/c1-8(2)11-3-9(5-14)4-12(16-11)17-7-10(13)6-15-17/h3-4,6-8H,5H2,1-2H3. The minimum absolute atomic E-state index is 0.371. The van der Waals surface area contributed by atoms with Crippen molar-refractivity contribution >= 4 is 27.5 Å². The fraction of sp³-hybridized carbons (Fsp3) is 0.333. The average Bonchev–Trinajstić information content (AvgIpc) is 2.75. The monoisotopic (exact) mass is 313 g/mol. The van der Waals surface area contributed by atoms with Crippen molar-refractivity contribution in [2.24, 2.45) is 0 Å². The highest BCUT2D eigenvalue weighted by Gasteiger charge is 2.08. The largest absolute Gasteiger partial charge is 0.233 e. The van der Waals surface area contributed by atoms with Gasteiger partial charge < -0.3 is 0 Å². The van der Waals surface area contributed by atoms with Gasteiger partial charge in [-0.05, 0) is 39.5 Å². The van der Waals surface area contributed by atoms with E-state index in [0.29, 0.717) is 11.8 Å². The van der Waals surface area contributed by atoms with E-state index in [9.17, 15) is 0 Å². The van der Waals surface area contributed by atoms with Gasteiger partial charge in [0.2, 0.25) is 0 Å². The number of hydrogen-bond donors (Lipinski definition) is 0. The Hall–Kier alpha value is -0.870. The van der Waals surface area contributed by atoms with Gasteiger partial charge in [-0.3, -0.25) is 0 Å². The van der Waals surface area contributed by atoms with Crippen LogP contribution in [-0.4, -0.2) is 14.8 Å². The number of hydrogen-bond acceptors (Lipinski definition) is 2. The number of nitrogens with zero attached hydrogens (tertiary/aromatic N) is 3. The second-order valence-corrected chi connectivity index (χ2v) is 5.33. The van der Waals surface area contributed by atoms with Gasteiger partial charge in [-0.2, -0.15) is 5.10 Å². The lowest BCUT2D eigenvalue weighted by atomic mass is 10.1. The van der Waals surface area contributed by atoms with E-state index in [4.69, 9.17) is 11.6 Å². The predicted octanol–water partition coefficient (Wildman–Crippen LogP) is 3.89. The molecule has 2 aromatic rings. The maximum Gasteiger partial charge on any atom is 0.153 e. The molecule has 0 saturated carbocycles. The third-order valence-electron chi connectivity index (χ3n) is 2.42. The smallest absolute Gasteiger partial charge is 0.153 e. The van der Waals surface area contributed by atoms with Crippen molar-refractivity contribution in [2.75, 3.05) is 0 Å². The highest BCUT2D eigenvalue weighted by atomic mass is 79.9. The summed E-state index contributed by atoms with van der Waals surface area (Å²) in [6.45, 7) is 4.23. The molecule has 90 valence electrons. The van der Waals surface area contributed by atoms with Crippen LogP contribution < -0.4 is 0 Å². The van der Waals surface area contributed by atoms with E-state index < -0.39 is 0 Å². The van der Waals surface area contributed by atoms with Crippen molar-refractivity contribution in [1.82, 2.24) is 14.8 Å². The van der Waals surface area contributed by atoms with Crippen LogP contribution in [0.1, 0.15) is 31.0 Å². The van der Waals surface area contributed by atoms with Crippen LogP contribution in [-0.2, 0) is 5.88 Å². The molecule has 2 heterocycles. The van der Waals surface area contributed by atoms with Crippen molar-refractivity contribution in [3.63, 3.8) is 0 Å². The molecule has 0 aliphatic rings. The van der Waals surface area contributed by atoms with Crippen molar-refractivity contribution in [3.8, 4) is 5.82 Å². The molecule has 0 bridgehead atoms. The van der Waals surface area contributed by atoms with Gasteiger partial charge in [0.15, 0.2) is 5.82 Å². The maximum absolute atomic E-state index is 5.90. The lowest BCUT2D eigenvalue weighted by Gasteiger charge is -2.09. The van der Waals surface area contributed by atoms with Crippen molar-refractivity contribution < 1.29 is 0 Å². The molecule has 0 unspecified atom stereocenters. The number of halogens is 2. The topological polar surface area (TPSA) is 30.7 Å². The molecule has 2 rings (SSSR count). The van der Waals surface area contributed by atoms with Crippen molar-refractivity contribution in [3.05, 3.63) is 40.3 Å². The quantitative estimate of drug-likeness (QED) is 0.805. The van der Waals surface area contributed by atoms with Crippen LogP contribution in [0.2, 0.25) is 0 Å². The Morgan fingerprint density at radius 1 is 1.41 bits per heavy atom. The summed E-state index contributed by atoms with van der Waals surface area (Å²) in [5.41, 5.74) is 2.09. The summed E-state index contributed by atoms with van der Waals surface area (Å²) in [5.74, 6) is 1.66. The Kier molecular flexibility index (Phi) is 3.84. The molecule has 0 fully saturated rings.